The van der Waals surface area contributed by atoms with Crippen LogP contribution in [0.25, 0.3) is 0 Å². The van der Waals surface area contributed by atoms with E-state index in [0.717, 1.165) is 54.1 Å². The number of hydrogen-bond donors (Lipinski definition) is 0. The molecule has 0 aromatic heterocycles. The van der Waals surface area contributed by atoms with Gasteiger partial charge in [0, 0.05) is 17.9 Å². The molecule has 1 aromatic rings. The van der Waals surface area contributed by atoms with E-state index in [1.807, 2.05) is 6.07 Å². The molecule has 1 atom stereocenters. The minimum absolute atomic E-state index is 0.0694. The summed E-state index contributed by atoms with van der Waals surface area (Å²) >= 11 is 0. The summed E-state index contributed by atoms with van der Waals surface area (Å²) in [6, 6.07) is 2.00. The molecule has 1 unspecified atom stereocenters. The first-order chi connectivity index (χ1) is 12.3. The van der Waals surface area contributed by atoms with Crippen LogP contribution in [0.4, 0.5) is 0 Å². The Bertz CT molecular complexity index is 646. The van der Waals surface area contributed by atoms with Gasteiger partial charge < -0.3 is 14.2 Å². The molecule has 0 saturated heterocycles. The number of benzene rings is 1. The summed E-state index contributed by atoms with van der Waals surface area (Å²) in [6.45, 7) is 8.69. The zero-order valence-electron chi connectivity index (χ0n) is 17.4. The van der Waals surface area contributed by atoms with Gasteiger partial charge in [0.05, 0.1) is 21.3 Å². The second-order valence-corrected chi connectivity index (χ2v) is 8.27. The fraction of sp³-hybridized carbons (Fsp3) is 0.682. The number of carbonyl (C=O) groups excluding carboxylic acids is 1. The fourth-order valence-electron chi connectivity index (χ4n) is 4.37. The number of methoxy groups -OCH3 is 3. The second-order valence-electron chi connectivity index (χ2n) is 8.27. The third-order valence-electron chi connectivity index (χ3n) is 5.79. The number of aryl methyl sites for hydroxylation is 1. The van der Waals surface area contributed by atoms with Crippen LogP contribution in [0.5, 0.6) is 17.2 Å². The first kappa shape index (κ1) is 20.6. The van der Waals surface area contributed by atoms with Crippen LogP contribution >= 0.6 is 0 Å². The molecule has 0 spiro atoms. The predicted molar refractivity (Wildman–Crippen MR) is 105 cm³/mol. The van der Waals surface area contributed by atoms with Crippen molar-refractivity contribution in [3.8, 4) is 17.2 Å². The highest BCUT2D eigenvalue weighted by molar-refractivity contribution is 5.82. The van der Waals surface area contributed by atoms with E-state index < -0.39 is 0 Å². The topological polar surface area (TPSA) is 44.8 Å². The molecule has 4 heteroatoms. The smallest absolute Gasteiger partial charge is 0.167 e. The monoisotopic (exact) mass is 362 g/mol. The fourth-order valence-corrected chi connectivity index (χ4v) is 4.37. The average molecular weight is 363 g/mol. The second kappa shape index (κ2) is 8.32. The van der Waals surface area contributed by atoms with Crippen LogP contribution in [0.2, 0.25) is 0 Å². The van der Waals surface area contributed by atoms with Crippen molar-refractivity contribution in [1.29, 1.82) is 0 Å². The summed E-state index contributed by atoms with van der Waals surface area (Å²) in [7, 11) is 5.02. The Kier molecular flexibility index (Phi) is 6.59. The van der Waals surface area contributed by atoms with Crippen molar-refractivity contribution in [1.82, 2.24) is 0 Å². The van der Waals surface area contributed by atoms with Crippen molar-refractivity contribution < 1.29 is 19.0 Å². The maximum Gasteiger partial charge on any atom is 0.167 e. The van der Waals surface area contributed by atoms with Crippen LogP contribution in [0.1, 0.15) is 70.4 Å². The third-order valence-corrected chi connectivity index (χ3v) is 5.79. The molecule has 0 radical (unpaired) electrons. The van der Waals surface area contributed by atoms with Crippen LogP contribution in [0, 0.1) is 11.3 Å². The minimum atomic E-state index is 0.0694. The molecule has 1 fully saturated rings. The van der Waals surface area contributed by atoms with Gasteiger partial charge in [0.2, 0.25) is 0 Å². The van der Waals surface area contributed by atoms with E-state index in [1.165, 1.54) is 0 Å². The number of Topliss-reactive ketones (excluding diaryl/α,β-unsaturated/α-hetero) is 1. The van der Waals surface area contributed by atoms with Crippen molar-refractivity contribution in [2.24, 2.45) is 11.3 Å². The van der Waals surface area contributed by atoms with E-state index in [-0.39, 0.29) is 17.3 Å². The summed E-state index contributed by atoms with van der Waals surface area (Å²) in [4.78, 5) is 12.5. The van der Waals surface area contributed by atoms with Crippen molar-refractivity contribution in [3.05, 3.63) is 17.2 Å². The Morgan fingerprint density at radius 2 is 1.77 bits per heavy atom. The molecule has 2 rings (SSSR count). The van der Waals surface area contributed by atoms with Gasteiger partial charge in [0.1, 0.15) is 11.5 Å². The zero-order chi connectivity index (χ0) is 19.5. The Balaban J connectivity index is 2.39. The first-order valence-electron chi connectivity index (χ1n) is 9.61. The van der Waals surface area contributed by atoms with E-state index in [2.05, 4.69) is 27.7 Å². The van der Waals surface area contributed by atoms with Gasteiger partial charge in [-0.05, 0) is 48.6 Å². The van der Waals surface area contributed by atoms with Gasteiger partial charge in [-0.2, -0.15) is 0 Å². The largest absolute Gasteiger partial charge is 0.496 e. The summed E-state index contributed by atoms with van der Waals surface area (Å²) < 4.78 is 17.0. The van der Waals surface area contributed by atoms with Gasteiger partial charge in [-0.25, -0.2) is 0 Å². The molecule has 0 heterocycles. The van der Waals surface area contributed by atoms with Crippen LogP contribution < -0.4 is 14.2 Å². The zero-order valence-corrected chi connectivity index (χ0v) is 17.4. The quantitative estimate of drug-likeness (QED) is 0.672. The highest BCUT2D eigenvalue weighted by Crippen LogP contribution is 2.46. The molecule has 0 bridgehead atoms. The lowest BCUT2D eigenvalue weighted by molar-refractivity contribution is -0.129. The molecule has 1 aliphatic rings. The molecule has 4 nitrogen and oxygen atoms in total. The summed E-state index contributed by atoms with van der Waals surface area (Å²) in [5.74, 6) is 3.07. The van der Waals surface area contributed by atoms with Gasteiger partial charge in [0.25, 0.3) is 0 Å². The Labute approximate surface area is 158 Å². The number of ether oxygens (including phenoxy) is 3. The van der Waals surface area contributed by atoms with Gasteiger partial charge in [0.15, 0.2) is 11.5 Å². The lowest BCUT2D eigenvalue weighted by Gasteiger charge is -2.37. The maximum atomic E-state index is 12.5. The van der Waals surface area contributed by atoms with Crippen molar-refractivity contribution in [2.45, 2.75) is 65.7 Å². The third kappa shape index (κ3) is 3.99. The lowest BCUT2D eigenvalue weighted by Crippen LogP contribution is -2.35. The minimum Gasteiger partial charge on any atom is -0.496 e. The number of carbonyl (C=O) groups is 1. The molecule has 26 heavy (non-hydrogen) atoms. The Morgan fingerprint density at radius 1 is 1.12 bits per heavy atom. The summed E-state index contributed by atoms with van der Waals surface area (Å²) in [6.07, 6.45) is 4.48. The van der Waals surface area contributed by atoms with Crippen LogP contribution in [-0.4, -0.2) is 27.1 Å². The van der Waals surface area contributed by atoms with Crippen LogP contribution in [0.15, 0.2) is 6.07 Å². The molecule has 0 aliphatic heterocycles. The van der Waals surface area contributed by atoms with Crippen molar-refractivity contribution >= 4 is 5.78 Å². The van der Waals surface area contributed by atoms with Gasteiger partial charge >= 0.3 is 0 Å². The molecule has 0 amide bonds. The van der Waals surface area contributed by atoms with Crippen LogP contribution in [-0.2, 0) is 11.2 Å². The van der Waals surface area contributed by atoms with Crippen LogP contribution in [0.3, 0.4) is 0 Å². The number of rotatable bonds is 7. The molecule has 1 aliphatic carbocycles. The number of ketones is 1. The SMILES string of the molecule is COc1cc(CCC2C(=O)CCCC2(C)C)c(OC)c(C(C)C)c1OC. The van der Waals surface area contributed by atoms with E-state index in [0.29, 0.717) is 12.2 Å². The van der Waals surface area contributed by atoms with Crippen molar-refractivity contribution in [3.63, 3.8) is 0 Å². The summed E-state index contributed by atoms with van der Waals surface area (Å²) in [5.41, 5.74) is 2.18. The van der Waals surface area contributed by atoms with Gasteiger partial charge in [-0.3, -0.25) is 4.79 Å². The lowest BCUT2D eigenvalue weighted by atomic mass is 9.66. The molecule has 1 saturated carbocycles. The van der Waals surface area contributed by atoms with E-state index in [4.69, 9.17) is 14.2 Å². The van der Waals surface area contributed by atoms with Gasteiger partial charge in [-0.15, -0.1) is 0 Å². The van der Waals surface area contributed by atoms with E-state index in [1.54, 1.807) is 21.3 Å². The highest BCUT2D eigenvalue weighted by Gasteiger charge is 2.37. The first-order valence-corrected chi connectivity index (χ1v) is 9.61. The van der Waals surface area contributed by atoms with Gasteiger partial charge in [-0.1, -0.05) is 27.7 Å². The van der Waals surface area contributed by atoms with E-state index in [9.17, 15) is 4.79 Å². The van der Waals surface area contributed by atoms with E-state index >= 15 is 0 Å². The molecule has 0 N–H and O–H groups in total. The standard InChI is InChI=1S/C22H34O4/c1-14(2)19-20(25-6)15(13-18(24-5)21(19)26-7)10-11-16-17(23)9-8-12-22(16,3)4/h13-14,16H,8-12H2,1-7H3. The molecule has 146 valence electrons. The molecular weight excluding hydrogens is 328 g/mol. The number of hydrogen-bond acceptors (Lipinski definition) is 4. The predicted octanol–water partition coefficient (Wildman–Crippen LogP) is 5.16. The molecular formula is C22H34O4. The maximum absolute atomic E-state index is 12.5. The Morgan fingerprint density at radius 3 is 2.27 bits per heavy atom. The average Bonchev–Trinajstić information content (AvgIpc) is 2.59. The normalized spacial score (nSPS) is 19.5. The summed E-state index contributed by atoms with van der Waals surface area (Å²) in [5, 5.41) is 0. The Hall–Kier alpha value is -1.71. The highest BCUT2D eigenvalue weighted by atomic mass is 16.5. The van der Waals surface area contributed by atoms with Crippen molar-refractivity contribution in [2.75, 3.05) is 21.3 Å². The molecule has 1 aromatic carbocycles.